The Morgan fingerprint density at radius 2 is 0.929 bits per heavy atom. The first-order chi connectivity index (χ1) is 27.8. The van der Waals surface area contributed by atoms with Crippen molar-refractivity contribution in [2.75, 3.05) is 0 Å². The Labute approximate surface area is 321 Å². The van der Waals surface area contributed by atoms with Crippen LogP contribution in [0.25, 0.3) is 121 Å². The summed E-state index contributed by atoms with van der Waals surface area (Å²) < 4.78 is 4.73. The van der Waals surface area contributed by atoms with Crippen molar-refractivity contribution in [2.45, 2.75) is 0 Å². The Balaban J connectivity index is 1.08. The highest BCUT2D eigenvalue weighted by molar-refractivity contribution is 6.38. The number of fused-ring (bicyclic) bond motifs is 3. The lowest BCUT2D eigenvalue weighted by Crippen LogP contribution is -2.03. The predicted octanol–water partition coefficient (Wildman–Crippen LogP) is 13.4. The molecule has 0 radical (unpaired) electrons. The molecule has 4 nitrogen and oxygen atoms in total. The normalized spacial score (nSPS) is 12.3. The van der Waals surface area contributed by atoms with E-state index in [4.69, 9.17) is 9.97 Å². The number of aromatic nitrogens is 4. The summed E-state index contributed by atoms with van der Waals surface area (Å²) in [5.41, 5.74) is 13.6. The van der Waals surface area contributed by atoms with Crippen molar-refractivity contribution in [1.82, 2.24) is 19.1 Å². The molecule has 0 fully saturated rings. The molecule has 0 amide bonds. The van der Waals surface area contributed by atoms with E-state index in [1.807, 2.05) is 0 Å². The molecule has 56 heavy (non-hydrogen) atoms. The van der Waals surface area contributed by atoms with E-state index in [0.717, 1.165) is 38.9 Å². The molecule has 9 aromatic carbocycles. The van der Waals surface area contributed by atoms with E-state index in [9.17, 15) is 0 Å². The standard InChI is InChI=1S/C52H30N4/c1-2-12-37(13-3-1)55-42-18-8-15-38-39-16-9-19-43-48(39)50-45(29-27-33-26-28-44(55)49(46(33)50)47(38)42)56(43)52-53-41-17-7-6-14-40(41)51(54-52)34-23-20-32(21-24-34)36-25-22-31-10-4-5-11-35(31)30-36/h1-30H. The van der Waals surface area contributed by atoms with Crippen LogP contribution >= 0.6 is 0 Å². The fourth-order valence-corrected chi connectivity index (χ4v) is 9.61. The van der Waals surface area contributed by atoms with Crippen LogP contribution in [0.3, 0.4) is 0 Å². The van der Waals surface area contributed by atoms with Gasteiger partial charge in [-0.3, -0.25) is 4.57 Å². The summed E-state index contributed by atoms with van der Waals surface area (Å²) >= 11 is 0. The average Bonchev–Trinajstić information content (AvgIpc) is 3.75. The van der Waals surface area contributed by atoms with Crippen molar-refractivity contribution >= 4 is 76.1 Å². The first-order valence-corrected chi connectivity index (χ1v) is 19.2. The second kappa shape index (κ2) is 11.0. The largest absolute Gasteiger partial charge is 0.309 e. The van der Waals surface area contributed by atoms with Crippen LogP contribution in [0.5, 0.6) is 0 Å². The van der Waals surface area contributed by atoms with Gasteiger partial charge < -0.3 is 4.57 Å². The minimum absolute atomic E-state index is 0.668. The van der Waals surface area contributed by atoms with Gasteiger partial charge in [-0.15, -0.1) is 0 Å². The third-order valence-electron chi connectivity index (χ3n) is 12.0. The van der Waals surface area contributed by atoms with Crippen LogP contribution in [0, 0.1) is 0 Å². The van der Waals surface area contributed by atoms with Crippen LogP contribution < -0.4 is 0 Å². The molecule has 0 bridgehead atoms. The Morgan fingerprint density at radius 1 is 0.339 bits per heavy atom. The molecule has 3 heterocycles. The molecule has 3 aromatic heterocycles. The van der Waals surface area contributed by atoms with Crippen LogP contribution in [-0.2, 0) is 0 Å². The number of hydrogen-bond donors (Lipinski definition) is 0. The Hall–Kier alpha value is -7.56. The van der Waals surface area contributed by atoms with Crippen LogP contribution in [0.15, 0.2) is 182 Å². The molecule has 258 valence electrons. The zero-order valence-corrected chi connectivity index (χ0v) is 30.1. The second-order valence-corrected chi connectivity index (χ2v) is 15.0. The molecular formula is C52H30N4. The molecule has 0 saturated carbocycles. The summed E-state index contributed by atoms with van der Waals surface area (Å²) in [6.07, 6.45) is 0. The first-order valence-electron chi connectivity index (χ1n) is 19.2. The highest BCUT2D eigenvalue weighted by Gasteiger charge is 2.27. The van der Waals surface area contributed by atoms with Crippen molar-refractivity contribution in [3.05, 3.63) is 182 Å². The summed E-state index contributed by atoms with van der Waals surface area (Å²) in [6, 6.07) is 65.8. The molecule has 0 N–H and O–H groups in total. The molecule has 0 aliphatic heterocycles. The predicted molar refractivity (Wildman–Crippen MR) is 233 cm³/mol. The Kier molecular flexibility index (Phi) is 5.86. The zero-order valence-electron chi connectivity index (χ0n) is 30.1. The van der Waals surface area contributed by atoms with Crippen LogP contribution in [-0.4, -0.2) is 19.1 Å². The van der Waals surface area contributed by atoms with Gasteiger partial charge in [0.25, 0.3) is 0 Å². The van der Waals surface area contributed by atoms with Crippen molar-refractivity contribution in [1.29, 1.82) is 0 Å². The second-order valence-electron chi connectivity index (χ2n) is 15.0. The van der Waals surface area contributed by atoms with Gasteiger partial charge in [-0.25, -0.2) is 9.97 Å². The lowest BCUT2D eigenvalue weighted by molar-refractivity contribution is 1.01. The molecule has 4 heteroatoms. The minimum Gasteiger partial charge on any atom is -0.309 e. The number of hydrogen-bond acceptors (Lipinski definition) is 2. The van der Waals surface area contributed by atoms with E-state index >= 15 is 0 Å². The van der Waals surface area contributed by atoms with Crippen molar-refractivity contribution in [3.63, 3.8) is 0 Å². The first kappa shape index (κ1) is 29.8. The summed E-state index contributed by atoms with van der Waals surface area (Å²) in [7, 11) is 0. The fraction of sp³-hybridized carbons (Fsp3) is 0. The molecule has 0 saturated heterocycles. The van der Waals surface area contributed by atoms with Gasteiger partial charge in [0, 0.05) is 43.6 Å². The average molecular weight is 711 g/mol. The lowest BCUT2D eigenvalue weighted by Gasteiger charge is -2.13. The molecule has 13 rings (SSSR count). The molecule has 1 aliphatic rings. The number of benzene rings is 9. The van der Waals surface area contributed by atoms with Gasteiger partial charge in [-0.05, 0) is 86.9 Å². The van der Waals surface area contributed by atoms with Gasteiger partial charge in [0.2, 0.25) is 5.95 Å². The summed E-state index contributed by atoms with van der Waals surface area (Å²) in [5, 5.41) is 11.1. The van der Waals surface area contributed by atoms with Crippen LogP contribution in [0.2, 0.25) is 0 Å². The molecule has 0 spiro atoms. The highest BCUT2D eigenvalue weighted by atomic mass is 15.2. The minimum atomic E-state index is 0.668. The third kappa shape index (κ3) is 3.97. The maximum Gasteiger partial charge on any atom is 0.235 e. The van der Waals surface area contributed by atoms with Crippen LogP contribution in [0.1, 0.15) is 0 Å². The highest BCUT2D eigenvalue weighted by Crippen LogP contribution is 2.51. The maximum absolute atomic E-state index is 5.47. The van der Waals surface area contributed by atoms with Crippen LogP contribution in [0.4, 0.5) is 0 Å². The quantitative estimate of drug-likeness (QED) is 0.182. The van der Waals surface area contributed by atoms with Crippen molar-refractivity contribution in [2.24, 2.45) is 0 Å². The van der Waals surface area contributed by atoms with E-state index in [2.05, 4.69) is 191 Å². The monoisotopic (exact) mass is 710 g/mol. The Morgan fingerprint density at radius 3 is 1.70 bits per heavy atom. The van der Waals surface area contributed by atoms with E-state index in [1.165, 1.54) is 76.4 Å². The lowest BCUT2D eigenvalue weighted by atomic mass is 9.98. The summed E-state index contributed by atoms with van der Waals surface area (Å²) in [6.45, 7) is 0. The third-order valence-corrected chi connectivity index (χ3v) is 12.0. The van der Waals surface area contributed by atoms with E-state index < -0.39 is 0 Å². The Bertz CT molecular complexity index is 3630. The van der Waals surface area contributed by atoms with Gasteiger partial charge in [0.15, 0.2) is 0 Å². The smallest absolute Gasteiger partial charge is 0.235 e. The molecule has 1 aliphatic carbocycles. The number of rotatable bonds is 4. The zero-order chi connectivity index (χ0) is 36.5. The van der Waals surface area contributed by atoms with E-state index in [-0.39, 0.29) is 0 Å². The van der Waals surface area contributed by atoms with Gasteiger partial charge in [-0.2, -0.15) is 0 Å². The maximum atomic E-state index is 5.47. The van der Waals surface area contributed by atoms with Gasteiger partial charge >= 0.3 is 0 Å². The van der Waals surface area contributed by atoms with Gasteiger partial charge in [-0.1, -0.05) is 133 Å². The molecule has 0 atom stereocenters. The number of nitrogens with zero attached hydrogens (tertiary/aromatic N) is 4. The topological polar surface area (TPSA) is 35.6 Å². The van der Waals surface area contributed by atoms with Crippen molar-refractivity contribution < 1.29 is 0 Å². The fourth-order valence-electron chi connectivity index (χ4n) is 9.61. The summed E-state index contributed by atoms with van der Waals surface area (Å²) in [4.78, 5) is 10.8. The summed E-state index contributed by atoms with van der Waals surface area (Å²) in [5.74, 6) is 0.668. The molecular weight excluding hydrogens is 681 g/mol. The number of para-hydroxylation sites is 2. The van der Waals surface area contributed by atoms with Crippen molar-refractivity contribution in [3.8, 4) is 45.1 Å². The van der Waals surface area contributed by atoms with Gasteiger partial charge in [0.05, 0.1) is 33.3 Å². The van der Waals surface area contributed by atoms with E-state index in [1.54, 1.807) is 0 Å². The molecule has 12 aromatic rings. The van der Waals surface area contributed by atoms with E-state index in [0.29, 0.717) is 5.95 Å². The van der Waals surface area contributed by atoms with Gasteiger partial charge in [0.1, 0.15) is 0 Å². The molecule has 0 unspecified atom stereocenters. The SMILES string of the molecule is c1ccc(-n2c3cccc4c3c3c5c(ccc32)ccc2c5c3c-4cccc3n2-c2nc(-c3ccc(-c4ccc5ccccc5c4)cc3)c3ccccc3n2)cc1.